The van der Waals surface area contributed by atoms with Crippen molar-refractivity contribution in [2.45, 2.75) is 32.2 Å². The van der Waals surface area contributed by atoms with Gasteiger partial charge in [-0.3, -0.25) is 0 Å². The van der Waals surface area contributed by atoms with E-state index in [1.165, 1.54) is 11.6 Å². The molecule has 0 amide bonds. The maximum absolute atomic E-state index is 13.5. The van der Waals surface area contributed by atoms with E-state index in [-0.39, 0.29) is 11.1 Å². The fraction of sp³-hybridized carbons (Fsp3) is 0.294. The van der Waals surface area contributed by atoms with Crippen molar-refractivity contribution in [3.63, 3.8) is 0 Å². The number of nitrogens with two attached hydrogens (primary N) is 1. The molecule has 0 radical (unpaired) electrons. The Bertz CT molecular complexity index is 580. The summed E-state index contributed by atoms with van der Waals surface area (Å²) >= 11 is 5.69. The summed E-state index contributed by atoms with van der Waals surface area (Å²) in [5, 5.41) is 0.119. The lowest BCUT2D eigenvalue weighted by Crippen LogP contribution is -2.12. The van der Waals surface area contributed by atoms with Gasteiger partial charge in [0.05, 0.1) is 11.1 Å². The highest BCUT2D eigenvalue weighted by atomic mass is 35.5. The van der Waals surface area contributed by atoms with Gasteiger partial charge >= 0.3 is 0 Å². The minimum atomic E-state index is -0.434. The van der Waals surface area contributed by atoms with Crippen molar-refractivity contribution in [1.82, 2.24) is 0 Å². The van der Waals surface area contributed by atoms with Crippen LogP contribution in [0.2, 0.25) is 5.02 Å². The molecule has 2 aromatic rings. The van der Waals surface area contributed by atoms with Crippen molar-refractivity contribution in [3.05, 3.63) is 70.0 Å². The first-order chi connectivity index (χ1) is 9.52. The van der Waals surface area contributed by atoms with Crippen molar-refractivity contribution in [2.24, 2.45) is 5.73 Å². The first-order valence-corrected chi connectivity index (χ1v) is 7.21. The molecule has 0 aliphatic heterocycles. The van der Waals surface area contributed by atoms with Gasteiger partial charge in [0.2, 0.25) is 0 Å². The van der Waals surface area contributed by atoms with E-state index in [0.717, 1.165) is 17.5 Å². The number of hydrogen-bond donors (Lipinski definition) is 1. The van der Waals surface area contributed by atoms with Crippen LogP contribution in [-0.4, -0.2) is 0 Å². The molecule has 0 spiro atoms. The summed E-state index contributed by atoms with van der Waals surface area (Å²) < 4.78 is 13.5. The van der Waals surface area contributed by atoms with Crippen LogP contribution in [0.4, 0.5) is 4.39 Å². The topological polar surface area (TPSA) is 26.0 Å². The third kappa shape index (κ3) is 3.20. The van der Waals surface area contributed by atoms with Gasteiger partial charge < -0.3 is 5.73 Å². The molecule has 0 aromatic heterocycles. The number of benzene rings is 2. The van der Waals surface area contributed by atoms with Crippen LogP contribution in [0.1, 0.15) is 48.9 Å². The Morgan fingerprint density at radius 1 is 1.05 bits per heavy atom. The average Bonchev–Trinajstić information content (AvgIpc) is 2.48. The molecule has 2 N–H and O–H groups in total. The van der Waals surface area contributed by atoms with Gasteiger partial charge in [0.15, 0.2) is 0 Å². The van der Waals surface area contributed by atoms with E-state index in [4.69, 9.17) is 17.3 Å². The number of hydrogen-bond acceptors (Lipinski definition) is 1. The van der Waals surface area contributed by atoms with Crippen molar-refractivity contribution in [2.75, 3.05) is 0 Å². The Labute approximate surface area is 124 Å². The molecule has 2 atom stereocenters. The Morgan fingerprint density at radius 3 is 2.15 bits per heavy atom. The van der Waals surface area contributed by atoms with E-state index in [2.05, 4.69) is 26.0 Å². The van der Waals surface area contributed by atoms with E-state index >= 15 is 0 Å². The molecule has 0 aliphatic rings. The summed E-state index contributed by atoms with van der Waals surface area (Å²) in [4.78, 5) is 0. The smallest absolute Gasteiger partial charge is 0.142 e. The van der Waals surface area contributed by atoms with Gasteiger partial charge in [-0.2, -0.15) is 0 Å². The van der Waals surface area contributed by atoms with Gasteiger partial charge in [0.1, 0.15) is 5.82 Å². The normalized spacial score (nSPS) is 14.1. The zero-order valence-corrected chi connectivity index (χ0v) is 12.5. The second-order valence-corrected chi connectivity index (χ2v) is 5.53. The summed E-state index contributed by atoms with van der Waals surface area (Å²) in [6.45, 7) is 4.37. The van der Waals surface area contributed by atoms with Crippen molar-refractivity contribution >= 4 is 11.6 Å². The van der Waals surface area contributed by atoms with Crippen molar-refractivity contribution in [3.8, 4) is 0 Å². The first-order valence-electron chi connectivity index (χ1n) is 6.83. The van der Waals surface area contributed by atoms with Gasteiger partial charge in [-0.1, -0.05) is 55.8 Å². The quantitative estimate of drug-likeness (QED) is 0.839. The minimum Gasteiger partial charge on any atom is -0.320 e. The number of halogens is 2. The van der Waals surface area contributed by atoms with Crippen LogP contribution < -0.4 is 5.73 Å². The standard InChI is InChI=1S/C17H19ClFN/c1-3-11(2)12-4-6-13(7-5-12)17(20)14-8-9-15(18)16(19)10-14/h4-11,17H,3,20H2,1-2H3. The van der Waals surface area contributed by atoms with E-state index in [0.29, 0.717) is 5.92 Å². The SMILES string of the molecule is CCC(C)c1ccc(C(N)c2ccc(Cl)c(F)c2)cc1. The highest BCUT2D eigenvalue weighted by Gasteiger charge is 2.12. The molecule has 106 valence electrons. The van der Waals surface area contributed by atoms with E-state index in [9.17, 15) is 4.39 Å². The van der Waals surface area contributed by atoms with Crippen LogP contribution in [-0.2, 0) is 0 Å². The van der Waals surface area contributed by atoms with Crippen molar-refractivity contribution < 1.29 is 4.39 Å². The fourth-order valence-electron chi connectivity index (χ4n) is 2.17. The summed E-state index contributed by atoms with van der Waals surface area (Å²) in [6, 6.07) is 12.6. The summed E-state index contributed by atoms with van der Waals surface area (Å²) in [6.07, 6.45) is 1.10. The summed E-state index contributed by atoms with van der Waals surface area (Å²) in [5.41, 5.74) is 9.18. The van der Waals surface area contributed by atoms with Crippen LogP contribution in [0.5, 0.6) is 0 Å². The van der Waals surface area contributed by atoms with Crippen LogP contribution in [0, 0.1) is 5.82 Å². The predicted molar refractivity (Wildman–Crippen MR) is 82.6 cm³/mol. The minimum absolute atomic E-state index is 0.119. The molecule has 2 unspecified atom stereocenters. The zero-order chi connectivity index (χ0) is 14.7. The van der Waals surface area contributed by atoms with E-state index < -0.39 is 5.82 Å². The Kier molecular flexibility index (Phi) is 4.79. The maximum atomic E-state index is 13.5. The van der Waals surface area contributed by atoms with Gasteiger partial charge in [-0.15, -0.1) is 0 Å². The van der Waals surface area contributed by atoms with Crippen LogP contribution in [0.15, 0.2) is 42.5 Å². The lowest BCUT2D eigenvalue weighted by Gasteiger charge is -2.15. The van der Waals surface area contributed by atoms with Crippen LogP contribution >= 0.6 is 11.6 Å². The molecule has 0 bridgehead atoms. The molecular weight excluding hydrogens is 273 g/mol. The van der Waals surface area contributed by atoms with Gasteiger partial charge in [-0.05, 0) is 41.2 Å². The number of rotatable bonds is 4. The van der Waals surface area contributed by atoms with Crippen LogP contribution in [0.3, 0.4) is 0 Å². The van der Waals surface area contributed by atoms with Gasteiger partial charge in [-0.25, -0.2) is 4.39 Å². The maximum Gasteiger partial charge on any atom is 0.142 e. The largest absolute Gasteiger partial charge is 0.320 e. The molecule has 0 heterocycles. The molecular formula is C17H19ClFN. The second-order valence-electron chi connectivity index (χ2n) is 5.13. The highest BCUT2D eigenvalue weighted by Crippen LogP contribution is 2.25. The highest BCUT2D eigenvalue weighted by molar-refractivity contribution is 6.30. The zero-order valence-electron chi connectivity index (χ0n) is 11.7. The molecule has 0 saturated carbocycles. The summed E-state index contributed by atoms with van der Waals surface area (Å²) in [5.74, 6) is 0.101. The molecule has 3 heteroatoms. The molecule has 0 fully saturated rings. The molecule has 0 aliphatic carbocycles. The molecule has 1 nitrogen and oxygen atoms in total. The average molecular weight is 292 g/mol. The van der Waals surface area contributed by atoms with Crippen molar-refractivity contribution in [1.29, 1.82) is 0 Å². The second kappa shape index (κ2) is 6.38. The summed E-state index contributed by atoms with van der Waals surface area (Å²) in [7, 11) is 0. The van der Waals surface area contributed by atoms with Crippen LogP contribution in [0.25, 0.3) is 0 Å². The Balaban J connectivity index is 2.24. The fourth-order valence-corrected chi connectivity index (χ4v) is 2.28. The van der Waals surface area contributed by atoms with E-state index in [1.807, 2.05) is 12.1 Å². The molecule has 20 heavy (non-hydrogen) atoms. The Morgan fingerprint density at radius 2 is 1.60 bits per heavy atom. The lowest BCUT2D eigenvalue weighted by molar-refractivity contribution is 0.624. The van der Waals surface area contributed by atoms with Gasteiger partial charge in [0, 0.05) is 0 Å². The third-order valence-electron chi connectivity index (χ3n) is 3.78. The predicted octanol–water partition coefficient (Wildman–Crippen LogP) is 5.04. The van der Waals surface area contributed by atoms with E-state index in [1.54, 1.807) is 12.1 Å². The lowest BCUT2D eigenvalue weighted by atomic mass is 9.94. The molecule has 2 rings (SSSR count). The molecule has 2 aromatic carbocycles. The Hall–Kier alpha value is -1.38. The monoisotopic (exact) mass is 291 g/mol. The third-order valence-corrected chi connectivity index (χ3v) is 4.09. The van der Waals surface area contributed by atoms with Gasteiger partial charge in [0.25, 0.3) is 0 Å². The molecule has 0 saturated heterocycles. The first kappa shape index (κ1) is 15.0.